The predicted molar refractivity (Wildman–Crippen MR) is 213 cm³/mol. The van der Waals surface area contributed by atoms with Crippen molar-refractivity contribution >= 4 is 62.2 Å². The average molecular weight is 778 g/mol. The Hall–Kier alpha value is -5.95. The van der Waals surface area contributed by atoms with Gasteiger partial charge < -0.3 is 25.2 Å². The predicted octanol–water partition coefficient (Wildman–Crippen LogP) is 6.65. The minimum Gasteiger partial charge on any atom is -0.493 e. The van der Waals surface area contributed by atoms with Crippen LogP contribution in [0.3, 0.4) is 0 Å². The summed E-state index contributed by atoms with van der Waals surface area (Å²) in [4.78, 5) is 49.0. The van der Waals surface area contributed by atoms with Gasteiger partial charge in [0.05, 0.1) is 33.2 Å². The molecule has 8 rings (SSSR count). The number of aromatic hydroxyl groups is 2. The maximum absolute atomic E-state index is 13.5. The zero-order valence-corrected chi connectivity index (χ0v) is 31.2. The summed E-state index contributed by atoms with van der Waals surface area (Å²) in [5.74, 6) is -0.790. The number of nitrogens with one attached hydrogen (secondary N) is 1. The normalized spacial score (nSPS) is 14.4. The second kappa shape index (κ2) is 14.0. The molecule has 55 heavy (non-hydrogen) atoms. The van der Waals surface area contributed by atoms with E-state index in [0.29, 0.717) is 79.4 Å². The lowest BCUT2D eigenvalue weighted by atomic mass is 9.98. The van der Waals surface area contributed by atoms with Gasteiger partial charge in [0.2, 0.25) is 11.8 Å². The van der Waals surface area contributed by atoms with Crippen molar-refractivity contribution < 1.29 is 19.7 Å². The number of nitrogens with zero attached hydrogens (tertiary/aromatic N) is 5. The first kappa shape index (κ1) is 36.0. The molecular formula is C41H34Cl2N6O6. The molecule has 3 N–H and O–H groups in total. The number of para-hydroxylation sites is 1. The largest absolute Gasteiger partial charge is 0.493 e. The van der Waals surface area contributed by atoms with Gasteiger partial charge in [0.25, 0.3) is 0 Å². The summed E-state index contributed by atoms with van der Waals surface area (Å²) in [6.45, 7) is 5.34. The average Bonchev–Trinajstić information content (AvgIpc) is 3.85. The molecule has 0 fully saturated rings. The number of amides is 1. The minimum absolute atomic E-state index is 0.172. The Balaban J connectivity index is 1.00. The van der Waals surface area contributed by atoms with Gasteiger partial charge in [-0.1, -0.05) is 65.7 Å². The lowest BCUT2D eigenvalue weighted by Gasteiger charge is -2.28. The summed E-state index contributed by atoms with van der Waals surface area (Å²) in [5.41, 5.74) is 3.44. The smallest absolute Gasteiger partial charge is 0.410 e. The van der Waals surface area contributed by atoms with Crippen LogP contribution in [0.5, 0.6) is 11.8 Å². The van der Waals surface area contributed by atoms with Gasteiger partial charge >= 0.3 is 17.5 Å². The number of benzene rings is 4. The Morgan fingerprint density at radius 3 is 1.93 bits per heavy atom. The van der Waals surface area contributed by atoms with E-state index >= 15 is 0 Å². The fourth-order valence-corrected chi connectivity index (χ4v) is 7.77. The van der Waals surface area contributed by atoms with E-state index in [1.54, 1.807) is 60.7 Å². The number of fused-ring (bicyclic) bond motifs is 2. The van der Waals surface area contributed by atoms with Crippen molar-refractivity contribution in [3.63, 3.8) is 0 Å². The van der Waals surface area contributed by atoms with Crippen LogP contribution in [0.1, 0.15) is 30.5 Å². The molecule has 0 bridgehead atoms. The topological polar surface area (TPSA) is 152 Å². The van der Waals surface area contributed by atoms with Gasteiger partial charge in [0, 0.05) is 42.6 Å². The fourth-order valence-electron chi connectivity index (χ4n) is 7.35. The molecule has 0 saturated heterocycles. The van der Waals surface area contributed by atoms with E-state index in [2.05, 4.69) is 15.3 Å². The highest BCUT2D eigenvalue weighted by molar-refractivity contribution is 6.32. The van der Waals surface area contributed by atoms with Crippen LogP contribution >= 0.6 is 23.2 Å². The van der Waals surface area contributed by atoms with Gasteiger partial charge in [0.1, 0.15) is 5.60 Å². The zero-order chi connectivity index (χ0) is 38.6. The number of carbonyl (C=O) groups is 1. The Bertz CT molecular complexity index is 2720. The van der Waals surface area contributed by atoms with Crippen LogP contribution in [0.25, 0.3) is 44.3 Å². The zero-order valence-electron chi connectivity index (χ0n) is 29.7. The van der Waals surface area contributed by atoms with Crippen molar-refractivity contribution in [2.24, 2.45) is 0 Å². The van der Waals surface area contributed by atoms with Gasteiger partial charge in [-0.25, -0.2) is 14.4 Å². The van der Waals surface area contributed by atoms with Crippen LogP contribution in [0.15, 0.2) is 101 Å². The molecular weight excluding hydrogens is 743 g/mol. The molecule has 0 unspecified atom stereocenters. The Labute approximate surface area is 324 Å². The van der Waals surface area contributed by atoms with Crippen molar-refractivity contribution in [2.75, 3.05) is 26.2 Å². The van der Waals surface area contributed by atoms with E-state index in [1.807, 2.05) is 44.2 Å². The molecule has 0 radical (unpaired) electrons. The molecule has 2 aromatic heterocycles. The van der Waals surface area contributed by atoms with E-state index < -0.39 is 29.0 Å². The van der Waals surface area contributed by atoms with E-state index in [9.17, 15) is 24.6 Å². The van der Waals surface area contributed by atoms with Crippen LogP contribution in [-0.4, -0.2) is 72.1 Å². The third kappa shape index (κ3) is 6.84. The van der Waals surface area contributed by atoms with Crippen LogP contribution in [-0.2, 0) is 11.2 Å². The quantitative estimate of drug-likeness (QED) is 0.162. The van der Waals surface area contributed by atoms with Gasteiger partial charge in [-0.15, -0.1) is 0 Å². The second-order valence-corrected chi connectivity index (χ2v) is 15.0. The maximum Gasteiger partial charge on any atom is 0.410 e. The van der Waals surface area contributed by atoms with Gasteiger partial charge in [0.15, 0.2) is 0 Å². The van der Waals surface area contributed by atoms with E-state index in [0.717, 1.165) is 11.1 Å². The standard InChI is InChI=1S/C41H34Cl2N6O6/c1-41(2,20-23-8-10-29(11-9-23)49-32-18-26(42)16-30(24-12-14-44-21-24)34(32)36(50)45-39(49)53)55-40(54)47-15-13-25(22-47)31-17-27(43)19-33-35(31)37(51)46-38(52)48(33)28-6-4-3-5-7-28/h3-13,16-19,44H,14-15,20-22H2,1-2H3,(H,45,50,53)(H,46,51,52). The molecule has 4 aromatic carbocycles. The third-order valence-electron chi connectivity index (χ3n) is 9.76. The molecule has 4 heterocycles. The number of ether oxygens (including phenoxy) is 1. The highest BCUT2D eigenvalue weighted by Crippen LogP contribution is 2.37. The number of aromatic nitrogens is 4. The van der Waals surface area contributed by atoms with Gasteiger partial charge in [-0.2, -0.15) is 9.97 Å². The van der Waals surface area contributed by atoms with Crippen LogP contribution in [0.2, 0.25) is 10.0 Å². The summed E-state index contributed by atoms with van der Waals surface area (Å²) >= 11 is 13.1. The molecule has 1 amide bonds. The molecule has 2 aliphatic heterocycles. The number of rotatable bonds is 7. The Morgan fingerprint density at radius 2 is 1.36 bits per heavy atom. The molecule has 0 saturated carbocycles. The first-order valence-corrected chi connectivity index (χ1v) is 18.3. The molecule has 0 spiro atoms. The SMILES string of the molecule is CC(C)(Cc1ccc(-n2c(=O)nc(O)c3c(C4=CCNC4)cc(Cl)cc32)cc1)OC(=O)N1CC=C(c2cc(Cl)cc3c2c(O)nc(=O)n3-c2ccccc2)C1. The van der Waals surface area contributed by atoms with Crippen LogP contribution < -0.4 is 16.7 Å². The fraction of sp³-hybridized carbons (Fsp3) is 0.195. The summed E-state index contributed by atoms with van der Waals surface area (Å²) < 4.78 is 8.83. The number of carbonyl (C=O) groups excluding carboxylic acids is 1. The van der Waals surface area contributed by atoms with E-state index in [1.165, 1.54) is 14.0 Å². The van der Waals surface area contributed by atoms with Crippen molar-refractivity contribution in [3.05, 3.63) is 139 Å². The third-order valence-corrected chi connectivity index (χ3v) is 10.2. The van der Waals surface area contributed by atoms with Crippen LogP contribution in [0.4, 0.5) is 4.79 Å². The van der Waals surface area contributed by atoms with E-state index in [4.69, 9.17) is 27.9 Å². The monoisotopic (exact) mass is 776 g/mol. The second-order valence-electron chi connectivity index (χ2n) is 14.1. The van der Waals surface area contributed by atoms with Gasteiger partial charge in [-0.3, -0.25) is 9.13 Å². The first-order valence-electron chi connectivity index (χ1n) is 17.5. The number of hydrogen-bond acceptors (Lipinski definition) is 9. The van der Waals surface area contributed by atoms with Crippen molar-refractivity contribution in [3.8, 4) is 23.1 Å². The lowest BCUT2D eigenvalue weighted by molar-refractivity contribution is 0.0189. The first-order chi connectivity index (χ1) is 26.4. The number of hydrogen-bond donors (Lipinski definition) is 3. The maximum atomic E-state index is 13.5. The van der Waals surface area contributed by atoms with E-state index in [-0.39, 0.29) is 19.0 Å². The molecule has 0 aliphatic carbocycles. The van der Waals surface area contributed by atoms with Crippen molar-refractivity contribution in [1.82, 2.24) is 29.3 Å². The Kier molecular flexibility index (Phi) is 9.20. The highest BCUT2D eigenvalue weighted by Gasteiger charge is 2.30. The van der Waals surface area contributed by atoms with Crippen molar-refractivity contribution in [2.45, 2.75) is 25.9 Å². The van der Waals surface area contributed by atoms with Crippen molar-refractivity contribution in [1.29, 1.82) is 0 Å². The van der Waals surface area contributed by atoms with Gasteiger partial charge in [-0.05, 0) is 90.2 Å². The Morgan fingerprint density at radius 1 is 0.800 bits per heavy atom. The summed E-state index contributed by atoms with van der Waals surface area (Å²) in [7, 11) is 0. The highest BCUT2D eigenvalue weighted by atomic mass is 35.5. The molecule has 2 aliphatic rings. The number of halogens is 2. The molecule has 6 aromatic rings. The minimum atomic E-state index is -0.923. The van der Waals surface area contributed by atoms with Crippen LogP contribution in [0, 0.1) is 0 Å². The summed E-state index contributed by atoms with van der Waals surface area (Å²) in [6.07, 6.45) is 3.70. The molecule has 278 valence electrons. The summed E-state index contributed by atoms with van der Waals surface area (Å²) in [5, 5.41) is 26.5. The molecule has 0 atom stereocenters. The molecule has 12 nitrogen and oxygen atoms in total. The molecule has 14 heteroatoms. The summed E-state index contributed by atoms with van der Waals surface area (Å²) in [6, 6.07) is 22.9. The lowest BCUT2D eigenvalue weighted by Crippen LogP contribution is -2.38.